The van der Waals surface area contributed by atoms with Crippen LogP contribution in [0.3, 0.4) is 0 Å². The SMILES string of the molecule is C=C.C=C.C=C.CCC(O)(O)O. The van der Waals surface area contributed by atoms with Gasteiger partial charge in [-0.3, -0.25) is 0 Å². The van der Waals surface area contributed by atoms with Crippen LogP contribution in [0.4, 0.5) is 0 Å². The molecule has 0 atom stereocenters. The van der Waals surface area contributed by atoms with Crippen molar-refractivity contribution in [3.05, 3.63) is 39.5 Å². The Morgan fingerprint density at radius 3 is 0.917 bits per heavy atom. The van der Waals surface area contributed by atoms with Gasteiger partial charge in [0.25, 0.3) is 5.97 Å². The maximum absolute atomic E-state index is 7.94. The largest absolute Gasteiger partial charge is 0.344 e. The van der Waals surface area contributed by atoms with Crippen molar-refractivity contribution < 1.29 is 15.3 Å². The molecule has 0 fully saturated rings. The first kappa shape index (κ1) is 22.5. The lowest BCUT2D eigenvalue weighted by atomic mass is 10.4. The van der Waals surface area contributed by atoms with Crippen LogP contribution in [-0.4, -0.2) is 21.3 Å². The van der Waals surface area contributed by atoms with E-state index in [4.69, 9.17) is 15.3 Å². The van der Waals surface area contributed by atoms with Gasteiger partial charge >= 0.3 is 0 Å². The second-order valence-corrected chi connectivity index (χ2v) is 1.13. The van der Waals surface area contributed by atoms with E-state index in [-0.39, 0.29) is 6.42 Å². The Morgan fingerprint density at radius 2 is 0.917 bits per heavy atom. The van der Waals surface area contributed by atoms with Crippen LogP contribution in [0.5, 0.6) is 0 Å². The molecule has 0 amide bonds. The van der Waals surface area contributed by atoms with E-state index in [9.17, 15) is 0 Å². The van der Waals surface area contributed by atoms with E-state index in [2.05, 4.69) is 39.5 Å². The molecule has 0 saturated heterocycles. The Morgan fingerprint density at radius 1 is 0.833 bits per heavy atom. The standard InChI is InChI=1S/C3H8O3.3C2H4/c1-2-3(4,5)6;3*1-2/h4-6H,2H2,1H3;3*1-2H2. The number of aliphatic hydroxyl groups is 3. The van der Waals surface area contributed by atoms with Gasteiger partial charge in [0, 0.05) is 6.42 Å². The monoisotopic (exact) mass is 176 g/mol. The van der Waals surface area contributed by atoms with Crippen LogP contribution in [0, 0.1) is 0 Å². The summed E-state index contributed by atoms with van der Waals surface area (Å²) in [6.07, 6.45) is -0.0625. The summed E-state index contributed by atoms with van der Waals surface area (Å²) in [5, 5.41) is 23.8. The zero-order valence-electron chi connectivity index (χ0n) is 7.79. The molecule has 12 heavy (non-hydrogen) atoms. The highest BCUT2D eigenvalue weighted by Crippen LogP contribution is 1.95. The third-order valence-electron chi connectivity index (χ3n) is 0.474. The molecule has 3 nitrogen and oxygen atoms in total. The Labute approximate surface area is 75.0 Å². The molecule has 0 saturated carbocycles. The number of hydrogen-bond acceptors (Lipinski definition) is 3. The van der Waals surface area contributed by atoms with Gasteiger partial charge in [-0.1, -0.05) is 6.92 Å². The van der Waals surface area contributed by atoms with Gasteiger partial charge in [0.2, 0.25) is 0 Å². The van der Waals surface area contributed by atoms with Crippen LogP contribution < -0.4 is 0 Å². The first-order chi connectivity index (χ1) is 5.56. The maximum atomic E-state index is 7.94. The molecular weight excluding hydrogens is 156 g/mol. The summed E-state index contributed by atoms with van der Waals surface area (Å²) in [5.74, 6) is -2.46. The third kappa shape index (κ3) is 135. The fraction of sp³-hybridized carbons (Fsp3) is 0.333. The molecule has 0 bridgehead atoms. The molecule has 0 unspecified atom stereocenters. The van der Waals surface area contributed by atoms with E-state index in [0.29, 0.717) is 0 Å². The summed E-state index contributed by atoms with van der Waals surface area (Å²) in [4.78, 5) is 0. The van der Waals surface area contributed by atoms with Gasteiger partial charge in [-0.15, -0.1) is 39.5 Å². The third-order valence-corrected chi connectivity index (χ3v) is 0.474. The number of rotatable bonds is 1. The van der Waals surface area contributed by atoms with Gasteiger partial charge in [-0.2, -0.15) is 0 Å². The molecule has 0 spiro atoms. The van der Waals surface area contributed by atoms with Crippen molar-refractivity contribution in [1.29, 1.82) is 0 Å². The normalized spacial score (nSPS) is 7.00. The van der Waals surface area contributed by atoms with Crippen molar-refractivity contribution >= 4 is 0 Å². The first-order valence-corrected chi connectivity index (χ1v) is 3.23. The molecule has 3 heteroatoms. The second-order valence-electron chi connectivity index (χ2n) is 1.13. The summed E-state index contributed by atoms with van der Waals surface area (Å²) >= 11 is 0. The zero-order chi connectivity index (χ0) is 11.2. The van der Waals surface area contributed by atoms with Crippen molar-refractivity contribution in [2.24, 2.45) is 0 Å². The van der Waals surface area contributed by atoms with Crippen molar-refractivity contribution in [3.63, 3.8) is 0 Å². The number of hydrogen-bond donors (Lipinski definition) is 3. The van der Waals surface area contributed by atoms with E-state index in [1.165, 1.54) is 6.92 Å². The van der Waals surface area contributed by atoms with E-state index in [1.807, 2.05) is 0 Å². The van der Waals surface area contributed by atoms with Gasteiger partial charge in [-0.05, 0) is 0 Å². The van der Waals surface area contributed by atoms with Crippen molar-refractivity contribution in [2.75, 3.05) is 0 Å². The maximum Gasteiger partial charge on any atom is 0.274 e. The first-order valence-electron chi connectivity index (χ1n) is 3.23. The summed E-state index contributed by atoms with van der Waals surface area (Å²) in [6, 6.07) is 0. The average molecular weight is 176 g/mol. The summed E-state index contributed by atoms with van der Waals surface area (Å²) in [7, 11) is 0. The molecule has 3 N–H and O–H groups in total. The van der Waals surface area contributed by atoms with E-state index >= 15 is 0 Å². The smallest absolute Gasteiger partial charge is 0.274 e. The van der Waals surface area contributed by atoms with Gasteiger partial charge in [0.15, 0.2) is 0 Å². The Kier molecular flexibility index (Phi) is 42.1. The lowest BCUT2D eigenvalue weighted by molar-refractivity contribution is -0.312. The Balaban J connectivity index is -0.0000000453. The lowest BCUT2D eigenvalue weighted by Gasteiger charge is -2.08. The molecule has 0 aliphatic heterocycles. The summed E-state index contributed by atoms with van der Waals surface area (Å²) < 4.78 is 0. The second kappa shape index (κ2) is 22.5. The van der Waals surface area contributed by atoms with Gasteiger partial charge < -0.3 is 15.3 Å². The van der Waals surface area contributed by atoms with Crippen LogP contribution in [0.2, 0.25) is 0 Å². The predicted octanol–water partition coefficient (Wildman–Crippen LogP) is 1.43. The molecular formula is C9H20O3. The molecule has 0 radical (unpaired) electrons. The predicted molar refractivity (Wildman–Crippen MR) is 53.4 cm³/mol. The van der Waals surface area contributed by atoms with Crippen LogP contribution in [0.15, 0.2) is 39.5 Å². The molecule has 0 aromatic heterocycles. The fourth-order valence-electron chi connectivity index (χ4n) is 0. The molecule has 74 valence electrons. The van der Waals surface area contributed by atoms with Gasteiger partial charge in [-0.25, -0.2) is 0 Å². The molecule has 0 aliphatic rings. The Hall–Kier alpha value is -0.900. The zero-order valence-corrected chi connectivity index (χ0v) is 7.79. The molecule has 0 aliphatic carbocycles. The van der Waals surface area contributed by atoms with Crippen molar-refractivity contribution in [1.82, 2.24) is 0 Å². The summed E-state index contributed by atoms with van der Waals surface area (Å²) in [5.41, 5.74) is 0. The minimum absolute atomic E-state index is 0.0625. The topological polar surface area (TPSA) is 60.7 Å². The fourth-order valence-corrected chi connectivity index (χ4v) is 0. The molecule has 0 aromatic carbocycles. The van der Waals surface area contributed by atoms with Gasteiger partial charge in [0.1, 0.15) is 0 Å². The minimum atomic E-state index is -2.46. The molecule has 0 heterocycles. The average Bonchev–Trinajstić information content (AvgIpc) is 2.14. The quantitative estimate of drug-likeness (QED) is 0.418. The minimum Gasteiger partial charge on any atom is -0.344 e. The molecule has 0 aromatic rings. The highest BCUT2D eigenvalue weighted by molar-refractivity contribution is 4.35. The van der Waals surface area contributed by atoms with Crippen LogP contribution in [0.25, 0.3) is 0 Å². The van der Waals surface area contributed by atoms with Crippen LogP contribution in [-0.2, 0) is 0 Å². The van der Waals surface area contributed by atoms with Crippen LogP contribution >= 0.6 is 0 Å². The van der Waals surface area contributed by atoms with Gasteiger partial charge in [0.05, 0.1) is 0 Å². The highest BCUT2D eigenvalue weighted by atomic mass is 16.7. The van der Waals surface area contributed by atoms with E-state index in [0.717, 1.165) is 0 Å². The lowest BCUT2D eigenvalue weighted by Crippen LogP contribution is -2.24. The molecule has 0 rings (SSSR count). The Bertz CT molecular complexity index is 61.9. The van der Waals surface area contributed by atoms with E-state index in [1.54, 1.807) is 0 Å². The van der Waals surface area contributed by atoms with Crippen molar-refractivity contribution in [3.8, 4) is 0 Å². The van der Waals surface area contributed by atoms with E-state index < -0.39 is 5.97 Å². The highest BCUT2D eigenvalue weighted by Gasteiger charge is 2.11. The van der Waals surface area contributed by atoms with Crippen LogP contribution in [0.1, 0.15) is 13.3 Å². The summed E-state index contributed by atoms with van der Waals surface area (Å²) in [6.45, 7) is 19.5. The van der Waals surface area contributed by atoms with Crippen molar-refractivity contribution in [2.45, 2.75) is 19.3 Å².